The summed E-state index contributed by atoms with van der Waals surface area (Å²) >= 11 is 0. The zero-order valence-corrected chi connectivity index (χ0v) is 10.9. The molecule has 0 unspecified atom stereocenters. The summed E-state index contributed by atoms with van der Waals surface area (Å²) in [5.41, 5.74) is 0.970. The third-order valence-corrected chi connectivity index (χ3v) is 2.34. The molecule has 0 amide bonds. The van der Waals surface area contributed by atoms with Crippen LogP contribution in [0.5, 0.6) is 5.75 Å². The molecule has 0 fully saturated rings. The Morgan fingerprint density at radius 2 is 2.00 bits per heavy atom. The summed E-state index contributed by atoms with van der Waals surface area (Å²) in [6, 6.07) is 4.61. The van der Waals surface area contributed by atoms with Gasteiger partial charge in [-0.25, -0.2) is 4.79 Å². The predicted molar refractivity (Wildman–Crippen MR) is 68.7 cm³/mol. The van der Waals surface area contributed by atoms with E-state index in [-0.39, 0.29) is 11.2 Å². The first-order valence-electron chi connectivity index (χ1n) is 5.45. The number of hydrogen-bond acceptors (Lipinski definition) is 6. The molecule has 0 saturated heterocycles. The Morgan fingerprint density at radius 3 is 2.53 bits per heavy atom. The van der Waals surface area contributed by atoms with E-state index in [1.165, 1.54) is 20.3 Å². The second-order valence-electron chi connectivity index (χ2n) is 3.71. The van der Waals surface area contributed by atoms with Gasteiger partial charge in [0.25, 0.3) is 0 Å². The van der Waals surface area contributed by atoms with Gasteiger partial charge in [0.15, 0.2) is 0 Å². The zero-order valence-electron chi connectivity index (χ0n) is 10.9. The van der Waals surface area contributed by atoms with Crippen molar-refractivity contribution in [2.45, 2.75) is 6.92 Å². The van der Waals surface area contributed by atoms with Gasteiger partial charge in [0.2, 0.25) is 5.76 Å². The van der Waals surface area contributed by atoms with Crippen molar-refractivity contribution in [1.29, 1.82) is 0 Å². The van der Waals surface area contributed by atoms with Crippen LogP contribution in [0.25, 0.3) is 0 Å². The van der Waals surface area contributed by atoms with Crippen LogP contribution in [0.3, 0.4) is 0 Å². The van der Waals surface area contributed by atoms with Gasteiger partial charge in [0.1, 0.15) is 12.0 Å². The number of ether oxygens (including phenoxy) is 3. The minimum Gasteiger partial charge on any atom is -0.500 e. The van der Waals surface area contributed by atoms with Gasteiger partial charge in [-0.05, 0) is 24.0 Å². The van der Waals surface area contributed by atoms with Gasteiger partial charge in [-0.2, -0.15) is 0 Å². The first kappa shape index (κ1) is 15.1. The molecule has 0 atom stereocenters. The van der Waals surface area contributed by atoms with Crippen molar-refractivity contribution in [3.63, 3.8) is 0 Å². The standard InChI is InChI=1S/C12H15BO6/c1-8-4-5-9(13(15)16)6-10(8)19-11(7-17-2)12(14)18-3/h4-7,15-16H,1-3H3/b11-7-. The summed E-state index contributed by atoms with van der Waals surface area (Å²) in [4.78, 5) is 11.4. The number of benzene rings is 1. The van der Waals surface area contributed by atoms with Crippen molar-refractivity contribution in [3.8, 4) is 5.75 Å². The van der Waals surface area contributed by atoms with Crippen molar-refractivity contribution in [2.24, 2.45) is 0 Å². The minimum absolute atomic E-state index is 0.141. The van der Waals surface area contributed by atoms with E-state index in [9.17, 15) is 4.79 Å². The summed E-state index contributed by atoms with van der Waals surface area (Å²) in [5.74, 6) is -0.534. The highest BCUT2D eigenvalue weighted by atomic mass is 16.6. The zero-order chi connectivity index (χ0) is 14.4. The van der Waals surface area contributed by atoms with Crippen LogP contribution in [0.15, 0.2) is 30.2 Å². The molecule has 7 heteroatoms. The molecule has 0 aliphatic carbocycles. The lowest BCUT2D eigenvalue weighted by molar-refractivity contribution is -0.138. The smallest absolute Gasteiger partial charge is 0.488 e. The second kappa shape index (κ2) is 6.82. The molecule has 0 heterocycles. The summed E-state index contributed by atoms with van der Waals surface area (Å²) in [5, 5.41) is 18.2. The largest absolute Gasteiger partial charge is 0.500 e. The Morgan fingerprint density at radius 1 is 1.32 bits per heavy atom. The van der Waals surface area contributed by atoms with Crippen molar-refractivity contribution in [1.82, 2.24) is 0 Å². The molecule has 1 aromatic rings. The Kier molecular flexibility index (Phi) is 5.41. The molecule has 0 aliphatic rings. The van der Waals surface area contributed by atoms with E-state index in [0.717, 1.165) is 11.8 Å². The first-order valence-corrected chi connectivity index (χ1v) is 5.45. The number of rotatable bonds is 5. The van der Waals surface area contributed by atoms with Crippen LogP contribution >= 0.6 is 0 Å². The number of carbonyl (C=O) groups is 1. The molecular weight excluding hydrogens is 251 g/mol. The molecule has 0 spiro atoms. The summed E-state index contributed by atoms with van der Waals surface area (Å²) in [6.45, 7) is 1.75. The van der Waals surface area contributed by atoms with Crippen molar-refractivity contribution < 1.29 is 29.1 Å². The third kappa shape index (κ3) is 4.01. The maximum atomic E-state index is 11.4. The average Bonchev–Trinajstić information content (AvgIpc) is 2.39. The third-order valence-electron chi connectivity index (χ3n) is 2.34. The van der Waals surface area contributed by atoms with Crippen LogP contribution in [-0.4, -0.2) is 37.4 Å². The molecule has 1 aromatic carbocycles. The molecule has 0 aliphatic heterocycles. The lowest BCUT2D eigenvalue weighted by Gasteiger charge is -2.11. The van der Waals surface area contributed by atoms with E-state index >= 15 is 0 Å². The van der Waals surface area contributed by atoms with Gasteiger partial charge in [-0.1, -0.05) is 12.1 Å². The molecule has 6 nitrogen and oxygen atoms in total. The molecule has 0 bridgehead atoms. The molecule has 102 valence electrons. The number of hydrogen-bond donors (Lipinski definition) is 2. The monoisotopic (exact) mass is 266 g/mol. The number of aryl methyl sites for hydroxylation is 1. The molecule has 1 rings (SSSR count). The van der Waals surface area contributed by atoms with Crippen molar-refractivity contribution in [3.05, 3.63) is 35.8 Å². The van der Waals surface area contributed by atoms with E-state index in [2.05, 4.69) is 4.74 Å². The molecule has 0 saturated carbocycles. The number of methoxy groups -OCH3 is 2. The molecule has 2 N–H and O–H groups in total. The Labute approximate surface area is 111 Å². The average molecular weight is 266 g/mol. The minimum atomic E-state index is -1.61. The van der Waals surface area contributed by atoms with Gasteiger partial charge in [0.05, 0.1) is 14.2 Å². The van der Waals surface area contributed by atoms with E-state index in [1.807, 2.05) is 0 Å². The highest BCUT2D eigenvalue weighted by Gasteiger charge is 2.17. The van der Waals surface area contributed by atoms with E-state index < -0.39 is 13.1 Å². The Balaban J connectivity index is 3.05. The van der Waals surface area contributed by atoms with E-state index in [1.54, 1.807) is 19.1 Å². The van der Waals surface area contributed by atoms with Crippen LogP contribution in [-0.2, 0) is 14.3 Å². The Hall–Kier alpha value is -1.99. The summed E-state index contributed by atoms with van der Waals surface area (Å²) in [6.07, 6.45) is 1.10. The maximum Gasteiger partial charge on any atom is 0.488 e. The van der Waals surface area contributed by atoms with Crippen LogP contribution in [0, 0.1) is 6.92 Å². The van der Waals surface area contributed by atoms with Crippen LogP contribution < -0.4 is 10.2 Å². The van der Waals surface area contributed by atoms with Gasteiger partial charge in [0, 0.05) is 0 Å². The van der Waals surface area contributed by atoms with Gasteiger partial charge in [-0.15, -0.1) is 0 Å². The molecule has 19 heavy (non-hydrogen) atoms. The van der Waals surface area contributed by atoms with Crippen molar-refractivity contribution >= 4 is 18.6 Å². The fourth-order valence-electron chi connectivity index (χ4n) is 1.33. The highest BCUT2D eigenvalue weighted by molar-refractivity contribution is 6.58. The Bertz CT molecular complexity index is 483. The summed E-state index contributed by atoms with van der Waals surface area (Å²) < 4.78 is 14.6. The number of carbonyl (C=O) groups excluding carboxylic acids is 1. The van der Waals surface area contributed by atoms with Crippen LogP contribution in [0.2, 0.25) is 0 Å². The first-order chi connectivity index (χ1) is 8.99. The fraction of sp³-hybridized carbons (Fsp3) is 0.250. The van der Waals surface area contributed by atoms with Crippen LogP contribution in [0.4, 0.5) is 0 Å². The fourth-order valence-corrected chi connectivity index (χ4v) is 1.33. The van der Waals surface area contributed by atoms with E-state index in [0.29, 0.717) is 5.75 Å². The van der Waals surface area contributed by atoms with Gasteiger partial charge >= 0.3 is 13.1 Å². The van der Waals surface area contributed by atoms with Gasteiger partial charge in [-0.3, -0.25) is 0 Å². The molecule has 0 radical (unpaired) electrons. The SMILES string of the molecule is CO/C=C(\Oc1cc(B(O)O)ccc1C)C(=O)OC. The summed E-state index contributed by atoms with van der Waals surface area (Å²) in [7, 11) is 0.971. The van der Waals surface area contributed by atoms with Crippen LogP contribution in [0.1, 0.15) is 5.56 Å². The van der Waals surface area contributed by atoms with Gasteiger partial charge < -0.3 is 24.3 Å². The second-order valence-corrected chi connectivity index (χ2v) is 3.71. The molecular formula is C12H15BO6. The predicted octanol–water partition coefficient (Wildman–Crippen LogP) is -0.286. The van der Waals surface area contributed by atoms with E-state index in [4.69, 9.17) is 19.5 Å². The van der Waals surface area contributed by atoms with Crippen molar-refractivity contribution in [2.75, 3.05) is 14.2 Å². The normalized spacial score (nSPS) is 10.9. The molecule has 0 aromatic heterocycles. The maximum absolute atomic E-state index is 11.4. The lowest BCUT2D eigenvalue weighted by Crippen LogP contribution is -2.29. The number of esters is 1. The lowest BCUT2D eigenvalue weighted by atomic mass is 9.80. The topological polar surface area (TPSA) is 85.2 Å². The highest BCUT2D eigenvalue weighted by Crippen LogP contribution is 2.19. The quantitative estimate of drug-likeness (QED) is 0.330.